The Kier molecular flexibility index (Phi) is 2.89. The topological polar surface area (TPSA) is 32.3 Å². The zero-order valence-electron chi connectivity index (χ0n) is 9.68. The van der Waals surface area contributed by atoms with Crippen molar-refractivity contribution in [2.24, 2.45) is 5.41 Å². The molecule has 1 unspecified atom stereocenters. The van der Waals surface area contributed by atoms with E-state index in [0.29, 0.717) is 5.56 Å². The molecule has 16 heavy (non-hydrogen) atoms. The molecule has 1 heterocycles. The van der Waals surface area contributed by atoms with Crippen molar-refractivity contribution < 1.29 is 9.50 Å². The van der Waals surface area contributed by atoms with Gasteiger partial charge in [0, 0.05) is 11.6 Å². The van der Waals surface area contributed by atoms with Gasteiger partial charge in [-0.05, 0) is 30.9 Å². The molecule has 0 bridgehead atoms. The second kappa shape index (κ2) is 4.06. The van der Waals surface area contributed by atoms with Gasteiger partial charge in [0.15, 0.2) is 0 Å². The van der Waals surface area contributed by atoms with E-state index in [0.717, 1.165) is 19.4 Å². The Bertz CT molecular complexity index is 390. The van der Waals surface area contributed by atoms with Crippen LogP contribution in [0.3, 0.4) is 0 Å². The minimum absolute atomic E-state index is 0.00176. The molecular weight excluding hydrogens is 205 g/mol. The van der Waals surface area contributed by atoms with E-state index >= 15 is 0 Å². The number of benzene rings is 1. The Balaban J connectivity index is 2.35. The number of nitrogens with one attached hydrogen (secondary N) is 1. The van der Waals surface area contributed by atoms with Gasteiger partial charge in [0.05, 0.1) is 6.07 Å². The van der Waals surface area contributed by atoms with Crippen LogP contribution in [0.25, 0.3) is 0 Å². The van der Waals surface area contributed by atoms with Gasteiger partial charge in [-0.3, -0.25) is 0 Å². The first-order valence-corrected chi connectivity index (χ1v) is 5.65. The van der Waals surface area contributed by atoms with Gasteiger partial charge >= 0.3 is 0 Å². The summed E-state index contributed by atoms with van der Waals surface area (Å²) < 4.78 is 13.7. The van der Waals surface area contributed by atoms with Crippen molar-refractivity contribution in [2.45, 2.75) is 32.7 Å². The molecule has 1 aromatic rings. The summed E-state index contributed by atoms with van der Waals surface area (Å²) in [5.74, 6) is -0.595. The fourth-order valence-corrected chi connectivity index (χ4v) is 2.43. The fourth-order valence-electron chi connectivity index (χ4n) is 2.43. The van der Waals surface area contributed by atoms with E-state index in [9.17, 15) is 4.39 Å². The van der Waals surface area contributed by atoms with E-state index in [1.807, 2.05) is 0 Å². The highest BCUT2D eigenvalue weighted by molar-refractivity contribution is 5.30. The molecule has 1 saturated heterocycles. The summed E-state index contributed by atoms with van der Waals surface area (Å²) in [6.07, 6.45) is 2.19. The number of halogens is 1. The predicted octanol–water partition coefficient (Wildman–Crippen LogP) is 2.78. The summed E-state index contributed by atoms with van der Waals surface area (Å²) in [6.45, 7) is 5.18. The van der Waals surface area contributed by atoms with Gasteiger partial charge < -0.3 is 10.4 Å². The molecule has 0 aliphatic carbocycles. The van der Waals surface area contributed by atoms with E-state index < -0.39 is 5.82 Å². The highest BCUT2D eigenvalue weighted by atomic mass is 19.1. The van der Waals surface area contributed by atoms with Gasteiger partial charge in [-0.15, -0.1) is 0 Å². The lowest BCUT2D eigenvalue weighted by Gasteiger charge is -2.39. The van der Waals surface area contributed by atoms with E-state index in [4.69, 9.17) is 5.11 Å². The van der Waals surface area contributed by atoms with Gasteiger partial charge in [0.1, 0.15) is 11.6 Å². The Morgan fingerprint density at radius 3 is 2.88 bits per heavy atom. The molecule has 2 rings (SSSR count). The number of aromatic hydroxyl groups is 1. The molecule has 1 aliphatic heterocycles. The van der Waals surface area contributed by atoms with E-state index in [1.54, 1.807) is 6.07 Å². The van der Waals surface area contributed by atoms with Crippen LogP contribution in [0.15, 0.2) is 12.1 Å². The van der Waals surface area contributed by atoms with Gasteiger partial charge in [0.25, 0.3) is 0 Å². The molecule has 2 nitrogen and oxygen atoms in total. The molecule has 0 amide bonds. The van der Waals surface area contributed by atoms with Crippen LogP contribution in [0, 0.1) is 17.3 Å². The Morgan fingerprint density at radius 1 is 1.50 bits per heavy atom. The first-order valence-electron chi connectivity index (χ1n) is 5.65. The van der Waals surface area contributed by atoms with Crippen molar-refractivity contribution in [1.29, 1.82) is 0 Å². The minimum atomic E-state index is -0.451. The first kappa shape index (κ1) is 11.4. The van der Waals surface area contributed by atoms with Crippen molar-refractivity contribution >= 4 is 0 Å². The molecule has 1 radical (unpaired) electrons. The second-order valence-corrected chi connectivity index (χ2v) is 5.09. The third-order valence-corrected chi connectivity index (χ3v) is 3.35. The highest BCUT2D eigenvalue weighted by Crippen LogP contribution is 2.41. The number of hydrogen-bond acceptors (Lipinski definition) is 2. The molecule has 3 heteroatoms. The summed E-state index contributed by atoms with van der Waals surface area (Å²) in [7, 11) is 0. The van der Waals surface area contributed by atoms with E-state index in [1.165, 1.54) is 6.07 Å². The first-order chi connectivity index (χ1) is 7.50. The summed E-state index contributed by atoms with van der Waals surface area (Å²) in [5.41, 5.74) is 0.631. The Morgan fingerprint density at radius 2 is 2.25 bits per heavy atom. The lowest BCUT2D eigenvalue weighted by atomic mass is 9.74. The molecule has 1 atom stereocenters. The number of phenolic OH excluding ortho intramolecular Hbond substituents is 1. The van der Waals surface area contributed by atoms with E-state index in [-0.39, 0.29) is 17.2 Å². The van der Waals surface area contributed by atoms with E-state index in [2.05, 4.69) is 25.2 Å². The smallest absolute Gasteiger partial charge is 0.139 e. The van der Waals surface area contributed by atoms with Crippen LogP contribution in [-0.2, 0) is 0 Å². The molecule has 2 N–H and O–H groups in total. The zero-order chi connectivity index (χ0) is 11.8. The monoisotopic (exact) mass is 222 g/mol. The molecule has 0 spiro atoms. The van der Waals surface area contributed by atoms with Gasteiger partial charge in [-0.2, -0.15) is 0 Å². The van der Waals surface area contributed by atoms with Crippen LogP contribution >= 0.6 is 0 Å². The molecule has 1 aromatic carbocycles. The Labute approximate surface area is 95.5 Å². The summed E-state index contributed by atoms with van der Waals surface area (Å²) >= 11 is 0. The zero-order valence-corrected chi connectivity index (χ0v) is 9.68. The van der Waals surface area contributed by atoms with Gasteiger partial charge in [-0.25, -0.2) is 4.39 Å². The van der Waals surface area contributed by atoms with Crippen LogP contribution < -0.4 is 5.32 Å². The summed E-state index contributed by atoms with van der Waals surface area (Å²) in [6, 6.07) is 5.46. The maximum absolute atomic E-state index is 13.7. The lowest BCUT2D eigenvalue weighted by Crippen LogP contribution is -2.40. The standard InChI is InChI=1S/C13H17FNO/c1-13(2)6-3-7-15-12(13)10-5-4-9(16)8-11(10)14/h4-5,12,15-16H,3,6-7H2,1-2H3. The predicted molar refractivity (Wildman–Crippen MR) is 60.7 cm³/mol. The quantitative estimate of drug-likeness (QED) is 0.765. The molecule has 87 valence electrons. The molecule has 0 aromatic heterocycles. The third kappa shape index (κ3) is 2.05. The highest BCUT2D eigenvalue weighted by Gasteiger charge is 2.34. The lowest BCUT2D eigenvalue weighted by molar-refractivity contribution is 0.177. The SMILES string of the molecule is CC1(C)CCCNC1c1ccc(O)[c]c1F. The van der Waals surface area contributed by atoms with Gasteiger partial charge in [0.2, 0.25) is 0 Å². The fraction of sp³-hybridized carbons (Fsp3) is 0.538. The van der Waals surface area contributed by atoms with Crippen molar-refractivity contribution in [1.82, 2.24) is 5.32 Å². The number of phenols is 1. The van der Waals surface area contributed by atoms with Crippen LogP contribution in [0.5, 0.6) is 5.75 Å². The molecule has 1 fully saturated rings. The minimum Gasteiger partial charge on any atom is -0.507 e. The average Bonchev–Trinajstić information content (AvgIpc) is 2.19. The number of hydrogen-bond donors (Lipinski definition) is 2. The van der Waals surface area contributed by atoms with Crippen molar-refractivity contribution in [2.75, 3.05) is 6.54 Å². The largest absolute Gasteiger partial charge is 0.507 e. The number of piperidine rings is 1. The maximum atomic E-state index is 13.7. The maximum Gasteiger partial charge on any atom is 0.139 e. The Hall–Kier alpha value is -1.09. The second-order valence-electron chi connectivity index (χ2n) is 5.09. The van der Waals surface area contributed by atoms with Crippen LogP contribution in [0.4, 0.5) is 4.39 Å². The average molecular weight is 222 g/mol. The van der Waals surface area contributed by atoms with Crippen molar-refractivity contribution in [3.8, 4) is 5.75 Å². The van der Waals surface area contributed by atoms with Crippen molar-refractivity contribution in [3.63, 3.8) is 0 Å². The molecule has 1 aliphatic rings. The number of rotatable bonds is 1. The summed E-state index contributed by atoms with van der Waals surface area (Å²) in [4.78, 5) is 0. The van der Waals surface area contributed by atoms with Crippen LogP contribution in [-0.4, -0.2) is 11.7 Å². The summed E-state index contributed by atoms with van der Waals surface area (Å²) in [5, 5.41) is 12.5. The van der Waals surface area contributed by atoms with Gasteiger partial charge in [-0.1, -0.05) is 19.9 Å². The molecule has 0 saturated carbocycles. The van der Waals surface area contributed by atoms with Crippen LogP contribution in [0.1, 0.15) is 38.3 Å². The van der Waals surface area contributed by atoms with Crippen LogP contribution in [0.2, 0.25) is 0 Å². The normalized spacial score (nSPS) is 24.3. The van der Waals surface area contributed by atoms with Crippen molar-refractivity contribution in [3.05, 3.63) is 29.6 Å². The molecular formula is C13H17FNO. The third-order valence-electron chi connectivity index (χ3n) is 3.35.